The summed E-state index contributed by atoms with van der Waals surface area (Å²) in [5.41, 5.74) is 6.66. The van der Waals surface area contributed by atoms with Crippen molar-refractivity contribution in [3.63, 3.8) is 0 Å². The number of carbonyl (C=O) groups is 2. The fourth-order valence-corrected chi connectivity index (χ4v) is 2.47. The Bertz CT molecular complexity index is 750. The number of hydrogen-bond acceptors (Lipinski definition) is 3. The molecule has 0 fully saturated rings. The molecule has 106 valence electrons. The first-order valence-corrected chi connectivity index (χ1v) is 6.63. The van der Waals surface area contributed by atoms with E-state index in [0.717, 1.165) is 11.0 Å². The van der Waals surface area contributed by atoms with E-state index in [4.69, 9.17) is 29.6 Å². The number of nitrogens with one attached hydrogen (secondary N) is 1. The molecule has 1 aromatic carbocycles. The van der Waals surface area contributed by atoms with Gasteiger partial charge in [-0.3, -0.25) is 10.1 Å². The quantitative estimate of drug-likeness (QED) is 0.850. The highest BCUT2D eigenvalue weighted by Crippen LogP contribution is 2.21. The van der Waals surface area contributed by atoms with Crippen LogP contribution in [0.25, 0.3) is 11.0 Å². The van der Waals surface area contributed by atoms with Gasteiger partial charge in [0.05, 0.1) is 11.0 Å². The number of primary amides is 1. The number of nitrogens with zero attached hydrogens (tertiary/aromatic N) is 2. The summed E-state index contributed by atoms with van der Waals surface area (Å²) in [5, 5.41) is 2.61. The molecule has 1 heterocycles. The average Bonchev–Trinajstić information content (AvgIpc) is 2.59. The van der Waals surface area contributed by atoms with Crippen molar-refractivity contribution in [2.75, 3.05) is 0 Å². The van der Waals surface area contributed by atoms with Crippen LogP contribution in [0.4, 0.5) is 4.79 Å². The van der Waals surface area contributed by atoms with Crippen LogP contribution in [0.3, 0.4) is 0 Å². The Kier molecular flexibility index (Phi) is 4.10. The summed E-state index contributed by atoms with van der Waals surface area (Å²) in [5.74, 6) is -0.446. The molecule has 1 aromatic heterocycles. The minimum Gasteiger partial charge on any atom is -0.351 e. The highest BCUT2D eigenvalue weighted by Gasteiger charge is 2.11. The van der Waals surface area contributed by atoms with Gasteiger partial charge in [0.1, 0.15) is 0 Å². The van der Waals surface area contributed by atoms with Gasteiger partial charge in [-0.2, -0.15) is 0 Å². The first-order chi connectivity index (χ1) is 9.40. The maximum atomic E-state index is 11.5. The number of hydrogen-bond donors (Lipinski definition) is 2. The first-order valence-electron chi connectivity index (χ1n) is 5.84. The lowest BCUT2D eigenvalue weighted by atomic mass is 10.3. The number of benzene rings is 1. The van der Waals surface area contributed by atoms with Crippen LogP contribution < -0.4 is 11.1 Å². The number of imidazole rings is 1. The zero-order chi connectivity index (χ0) is 14.9. The molecule has 6 nitrogen and oxygen atoms in total. The van der Waals surface area contributed by atoms with Crippen molar-refractivity contribution in [2.24, 2.45) is 12.8 Å². The van der Waals surface area contributed by atoms with Gasteiger partial charge in [-0.15, -0.1) is 0 Å². The Morgan fingerprint density at radius 3 is 2.75 bits per heavy atom. The van der Waals surface area contributed by atoms with Crippen molar-refractivity contribution >= 4 is 46.8 Å². The van der Waals surface area contributed by atoms with E-state index >= 15 is 0 Å². The zero-order valence-corrected chi connectivity index (χ0v) is 12.3. The van der Waals surface area contributed by atoms with Crippen LogP contribution in [0, 0.1) is 4.77 Å². The molecule has 0 radical (unpaired) electrons. The van der Waals surface area contributed by atoms with Crippen molar-refractivity contribution in [1.29, 1.82) is 0 Å². The molecule has 0 aliphatic heterocycles. The van der Waals surface area contributed by atoms with E-state index in [1.807, 2.05) is 23.0 Å². The van der Waals surface area contributed by atoms with Gasteiger partial charge in [-0.05, 0) is 30.4 Å². The van der Waals surface area contributed by atoms with Crippen molar-refractivity contribution in [2.45, 2.75) is 13.0 Å². The second-order valence-corrected chi connectivity index (χ2v) is 5.09. The Labute approximate surface area is 125 Å². The monoisotopic (exact) mass is 312 g/mol. The number of aryl methyl sites for hydroxylation is 2. The minimum absolute atomic E-state index is 0.100. The van der Waals surface area contributed by atoms with Gasteiger partial charge in [0.15, 0.2) is 4.77 Å². The average molecular weight is 313 g/mol. The molecule has 3 N–H and O–H groups in total. The number of aromatic nitrogens is 2. The third kappa shape index (κ3) is 2.83. The van der Waals surface area contributed by atoms with E-state index < -0.39 is 11.9 Å². The van der Waals surface area contributed by atoms with Gasteiger partial charge >= 0.3 is 6.03 Å². The Balaban J connectivity index is 2.32. The summed E-state index contributed by atoms with van der Waals surface area (Å²) in [4.78, 5) is 22.0. The Hall–Kier alpha value is -1.86. The first kappa shape index (κ1) is 14.5. The largest absolute Gasteiger partial charge is 0.351 e. The summed E-state index contributed by atoms with van der Waals surface area (Å²) in [6, 6.07) is 4.58. The van der Waals surface area contributed by atoms with Crippen LogP contribution in [0.15, 0.2) is 18.2 Å². The van der Waals surface area contributed by atoms with E-state index in [0.29, 0.717) is 16.3 Å². The minimum atomic E-state index is -0.862. The maximum Gasteiger partial charge on any atom is 0.318 e. The molecule has 0 unspecified atom stereocenters. The number of imide groups is 1. The fraction of sp³-hybridized carbons (Fsp3) is 0.250. The highest BCUT2D eigenvalue weighted by molar-refractivity contribution is 7.71. The molecule has 2 rings (SSSR count). The van der Waals surface area contributed by atoms with Crippen molar-refractivity contribution in [3.8, 4) is 0 Å². The predicted molar refractivity (Wildman–Crippen MR) is 79.1 cm³/mol. The van der Waals surface area contributed by atoms with E-state index in [9.17, 15) is 9.59 Å². The second-order valence-electron chi connectivity index (χ2n) is 4.29. The number of fused-ring (bicyclic) bond motifs is 1. The van der Waals surface area contributed by atoms with E-state index in [-0.39, 0.29) is 6.42 Å². The standard InChI is InChI=1S/C12H13ClN4O2S/c1-16-8-3-2-7(13)6-9(8)17(12(16)20)5-4-10(18)15-11(14)19/h2-3,6H,4-5H2,1H3,(H3,14,15,18,19). The molecule has 2 aromatic rings. The maximum absolute atomic E-state index is 11.5. The van der Waals surface area contributed by atoms with Crippen LogP contribution in [-0.4, -0.2) is 21.1 Å². The number of amides is 3. The topological polar surface area (TPSA) is 82.1 Å². The molecule has 3 amide bonds. The van der Waals surface area contributed by atoms with E-state index in [1.54, 1.807) is 16.7 Å². The van der Waals surface area contributed by atoms with E-state index in [1.165, 1.54) is 0 Å². The molecular weight excluding hydrogens is 300 g/mol. The summed E-state index contributed by atoms with van der Waals surface area (Å²) in [6.45, 7) is 0.343. The normalized spacial score (nSPS) is 10.7. The molecule has 20 heavy (non-hydrogen) atoms. The van der Waals surface area contributed by atoms with Crippen LogP contribution in [0.2, 0.25) is 5.02 Å². The van der Waals surface area contributed by atoms with Gasteiger partial charge in [-0.25, -0.2) is 4.79 Å². The molecular formula is C12H13ClN4O2S. The Morgan fingerprint density at radius 2 is 2.10 bits per heavy atom. The lowest BCUT2D eigenvalue weighted by Gasteiger charge is -2.04. The van der Waals surface area contributed by atoms with Gasteiger partial charge in [0, 0.05) is 25.0 Å². The number of halogens is 1. The summed E-state index contributed by atoms with van der Waals surface area (Å²) >= 11 is 11.3. The highest BCUT2D eigenvalue weighted by atomic mass is 35.5. The molecule has 0 spiro atoms. The molecule has 0 bridgehead atoms. The van der Waals surface area contributed by atoms with Crippen LogP contribution >= 0.6 is 23.8 Å². The lowest BCUT2D eigenvalue weighted by molar-refractivity contribution is -0.120. The SMILES string of the molecule is Cn1c(=S)n(CCC(=O)NC(N)=O)c2cc(Cl)ccc21. The molecule has 0 aliphatic rings. The van der Waals surface area contributed by atoms with Crippen molar-refractivity contribution in [3.05, 3.63) is 28.0 Å². The predicted octanol–water partition coefficient (Wildman–Crippen LogP) is 1.95. The zero-order valence-electron chi connectivity index (χ0n) is 10.7. The number of nitrogens with two attached hydrogens (primary N) is 1. The van der Waals surface area contributed by atoms with Gasteiger partial charge < -0.3 is 14.9 Å². The number of carbonyl (C=O) groups excluding carboxylic acids is 2. The van der Waals surface area contributed by atoms with Crippen LogP contribution in [-0.2, 0) is 18.4 Å². The fourth-order valence-electron chi connectivity index (χ4n) is 2.01. The smallest absolute Gasteiger partial charge is 0.318 e. The molecule has 8 heteroatoms. The Morgan fingerprint density at radius 1 is 1.40 bits per heavy atom. The third-order valence-corrected chi connectivity index (χ3v) is 3.66. The van der Waals surface area contributed by atoms with Crippen LogP contribution in [0.5, 0.6) is 0 Å². The lowest BCUT2D eigenvalue weighted by Crippen LogP contribution is -2.35. The second kappa shape index (κ2) is 5.64. The van der Waals surface area contributed by atoms with Crippen molar-refractivity contribution < 1.29 is 9.59 Å². The molecule has 0 saturated carbocycles. The molecule has 0 aliphatic carbocycles. The van der Waals surface area contributed by atoms with Gasteiger partial charge in [-0.1, -0.05) is 11.6 Å². The van der Waals surface area contributed by atoms with Crippen LogP contribution in [0.1, 0.15) is 6.42 Å². The third-order valence-electron chi connectivity index (χ3n) is 2.93. The summed E-state index contributed by atoms with van der Waals surface area (Å²) in [7, 11) is 1.85. The number of urea groups is 1. The van der Waals surface area contributed by atoms with Crippen molar-refractivity contribution in [1.82, 2.24) is 14.5 Å². The van der Waals surface area contributed by atoms with E-state index in [2.05, 4.69) is 0 Å². The summed E-state index contributed by atoms with van der Waals surface area (Å²) in [6.07, 6.45) is 0.100. The van der Waals surface area contributed by atoms with Gasteiger partial charge in [0.2, 0.25) is 5.91 Å². The molecule has 0 atom stereocenters. The molecule has 0 saturated heterocycles. The van der Waals surface area contributed by atoms with Gasteiger partial charge in [0.25, 0.3) is 0 Å². The summed E-state index contributed by atoms with van der Waals surface area (Å²) < 4.78 is 4.22. The number of rotatable bonds is 3.